The van der Waals surface area contributed by atoms with Crippen LogP contribution in [0.4, 0.5) is 0 Å². The Morgan fingerprint density at radius 3 is 2.22 bits per heavy atom. The van der Waals surface area contributed by atoms with Gasteiger partial charge in [0.05, 0.1) is 0 Å². The molecule has 2 aliphatic rings. The van der Waals surface area contributed by atoms with Crippen molar-refractivity contribution in [2.24, 2.45) is 5.92 Å². The summed E-state index contributed by atoms with van der Waals surface area (Å²) in [6, 6.07) is 19.8. The summed E-state index contributed by atoms with van der Waals surface area (Å²) in [6.07, 6.45) is 3.15. The number of rotatable bonds is 7. The average Bonchev–Trinajstić information content (AvgIpc) is 3.23. The van der Waals surface area contributed by atoms with E-state index in [0.29, 0.717) is 5.91 Å². The number of likely N-dealkylation sites (tertiary alicyclic amines) is 1. The molecule has 0 saturated carbocycles. The predicted octanol–water partition coefficient (Wildman–Crippen LogP) is 5.61. The number of hydrogen-bond acceptors (Lipinski definition) is 3. The number of piperazine rings is 1. The molecule has 2 aliphatic heterocycles. The van der Waals surface area contributed by atoms with Gasteiger partial charge in [-0.15, -0.1) is 24.8 Å². The minimum atomic E-state index is 0. The van der Waals surface area contributed by atoms with Crippen LogP contribution in [0.1, 0.15) is 43.0 Å². The monoisotopic (exact) mass is 544 g/mol. The zero-order valence-corrected chi connectivity index (χ0v) is 23.9. The largest absolute Gasteiger partial charge is 0.340 e. The van der Waals surface area contributed by atoms with Crippen molar-refractivity contribution in [2.45, 2.75) is 46.2 Å². The van der Waals surface area contributed by atoms with Gasteiger partial charge in [-0.2, -0.15) is 0 Å². The highest BCUT2D eigenvalue weighted by Gasteiger charge is 2.30. The lowest BCUT2D eigenvalue weighted by Gasteiger charge is -2.38. The van der Waals surface area contributed by atoms with Gasteiger partial charge in [0.1, 0.15) is 0 Å². The van der Waals surface area contributed by atoms with Crippen molar-refractivity contribution >= 4 is 41.6 Å². The van der Waals surface area contributed by atoms with E-state index in [1.807, 2.05) is 0 Å². The molecule has 5 rings (SSSR count). The third-order valence-corrected chi connectivity index (χ3v) is 8.03. The highest BCUT2D eigenvalue weighted by Crippen LogP contribution is 2.26. The molecule has 7 heteroatoms. The average molecular weight is 546 g/mol. The van der Waals surface area contributed by atoms with Crippen molar-refractivity contribution in [3.8, 4) is 0 Å². The van der Waals surface area contributed by atoms with Crippen LogP contribution in [0.15, 0.2) is 54.6 Å². The number of carbonyl (C=O) groups excluding carboxylic acids is 1. The van der Waals surface area contributed by atoms with E-state index >= 15 is 0 Å². The number of fused-ring (bicyclic) bond motifs is 1. The minimum absolute atomic E-state index is 0. The van der Waals surface area contributed by atoms with E-state index < -0.39 is 0 Å². The second-order valence-corrected chi connectivity index (χ2v) is 10.4. The Labute approximate surface area is 234 Å². The molecular weight excluding hydrogens is 503 g/mol. The number of benzene rings is 2. The smallest absolute Gasteiger partial charge is 0.225 e. The Morgan fingerprint density at radius 2 is 1.51 bits per heavy atom. The highest BCUT2D eigenvalue weighted by atomic mass is 35.5. The van der Waals surface area contributed by atoms with Gasteiger partial charge in [0, 0.05) is 56.4 Å². The Kier molecular flexibility index (Phi) is 10.9. The number of amides is 1. The molecule has 1 aromatic heterocycles. The molecule has 0 unspecified atom stereocenters. The maximum absolute atomic E-state index is 13.2. The van der Waals surface area contributed by atoms with Crippen LogP contribution in [0.5, 0.6) is 0 Å². The van der Waals surface area contributed by atoms with Crippen molar-refractivity contribution in [3.63, 3.8) is 0 Å². The molecule has 3 heterocycles. The fourth-order valence-electron chi connectivity index (χ4n) is 5.88. The molecule has 0 N–H and O–H groups in total. The number of carbonyl (C=O) groups is 1. The fourth-order valence-corrected chi connectivity index (χ4v) is 5.88. The van der Waals surface area contributed by atoms with Crippen LogP contribution in [-0.4, -0.2) is 71.0 Å². The summed E-state index contributed by atoms with van der Waals surface area (Å²) in [6.45, 7) is 13.3. The van der Waals surface area contributed by atoms with E-state index in [0.717, 1.165) is 71.7 Å². The van der Waals surface area contributed by atoms with Crippen LogP contribution in [-0.2, 0) is 17.9 Å². The normalized spacial score (nSPS) is 17.4. The molecule has 202 valence electrons. The number of aryl methyl sites for hydroxylation is 1. The Morgan fingerprint density at radius 1 is 0.838 bits per heavy atom. The third kappa shape index (κ3) is 6.88. The standard InChI is InChI=1S/C30H40N4O.2ClH/c1-3-14-31-17-19-33(20-18-31)30(35)25-12-15-32(16-13-25)23-28-21-26-9-6-7-11-29(26)34(28)22-27-10-5-4-8-24(27)2;;/h4-11,21,25H,3,12-20,22-23H2,1-2H3;2*1H. The van der Waals surface area contributed by atoms with Gasteiger partial charge in [0.2, 0.25) is 5.91 Å². The van der Waals surface area contributed by atoms with Gasteiger partial charge < -0.3 is 9.47 Å². The molecule has 2 saturated heterocycles. The Bertz CT molecular complexity index is 1150. The predicted molar refractivity (Wildman–Crippen MR) is 158 cm³/mol. The summed E-state index contributed by atoms with van der Waals surface area (Å²) >= 11 is 0. The molecule has 2 fully saturated rings. The van der Waals surface area contributed by atoms with E-state index in [1.54, 1.807) is 0 Å². The lowest BCUT2D eigenvalue weighted by Crippen LogP contribution is -2.51. The van der Waals surface area contributed by atoms with Crippen molar-refractivity contribution in [1.29, 1.82) is 0 Å². The van der Waals surface area contributed by atoms with Crippen LogP contribution in [0.3, 0.4) is 0 Å². The number of hydrogen-bond donors (Lipinski definition) is 0. The molecule has 0 radical (unpaired) electrons. The van der Waals surface area contributed by atoms with E-state index in [-0.39, 0.29) is 30.7 Å². The minimum Gasteiger partial charge on any atom is -0.340 e. The Hall–Kier alpha value is -2.05. The zero-order valence-electron chi connectivity index (χ0n) is 22.3. The first-order valence-corrected chi connectivity index (χ1v) is 13.5. The SMILES string of the molecule is CCCN1CCN(C(=O)C2CCN(Cc3cc4ccccc4n3Cc3ccccc3C)CC2)CC1.Cl.Cl. The highest BCUT2D eigenvalue weighted by molar-refractivity contribution is 5.85. The molecule has 0 bridgehead atoms. The number of para-hydroxylation sites is 1. The number of nitrogens with zero attached hydrogens (tertiary/aromatic N) is 4. The second-order valence-electron chi connectivity index (χ2n) is 10.4. The second kappa shape index (κ2) is 13.7. The molecule has 5 nitrogen and oxygen atoms in total. The van der Waals surface area contributed by atoms with Crippen molar-refractivity contribution in [2.75, 3.05) is 45.8 Å². The molecule has 37 heavy (non-hydrogen) atoms. The topological polar surface area (TPSA) is 31.7 Å². The maximum Gasteiger partial charge on any atom is 0.225 e. The van der Waals surface area contributed by atoms with Gasteiger partial charge in [0.25, 0.3) is 0 Å². The molecule has 2 aromatic carbocycles. The number of aromatic nitrogens is 1. The summed E-state index contributed by atoms with van der Waals surface area (Å²) in [4.78, 5) is 20.3. The van der Waals surface area contributed by atoms with Crippen LogP contribution >= 0.6 is 24.8 Å². The summed E-state index contributed by atoms with van der Waals surface area (Å²) in [5.74, 6) is 0.594. The number of halogens is 2. The van der Waals surface area contributed by atoms with Gasteiger partial charge in [-0.25, -0.2) is 0 Å². The van der Waals surface area contributed by atoms with Crippen LogP contribution in [0, 0.1) is 12.8 Å². The quantitative estimate of drug-likeness (QED) is 0.387. The van der Waals surface area contributed by atoms with Crippen LogP contribution in [0.25, 0.3) is 10.9 Å². The maximum atomic E-state index is 13.2. The summed E-state index contributed by atoms with van der Waals surface area (Å²) in [5.41, 5.74) is 5.38. The van der Waals surface area contributed by atoms with Gasteiger partial charge in [-0.05, 0) is 74.5 Å². The fraction of sp³-hybridized carbons (Fsp3) is 0.500. The van der Waals surface area contributed by atoms with Crippen molar-refractivity contribution in [1.82, 2.24) is 19.3 Å². The Balaban J connectivity index is 0.00000190. The lowest BCUT2D eigenvalue weighted by atomic mass is 9.95. The van der Waals surface area contributed by atoms with Gasteiger partial charge in [-0.3, -0.25) is 14.6 Å². The van der Waals surface area contributed by atoms with E-state index in [4.69, 9.17) is 0 Å². The zero-order chi connectivity index (χ0) is 24.2. The van der Waals surface area contributed by atoms with Crippen LogP contribution in [0.2, 0.25) is 0 Å². The summed E-state index contributed by atoms with van der Waals surface area (Å²) in [5, 5.41) is 1.31. The first-order valence-electron chi connectivity index (χ1n) is 13.5. The van der Waals surface area contributed by atoms with Gasteiger partial charge in [0.15, 0.2) is 0 Å². The molecule has 1 amide bonds. The molecule has 0 atom stereocenters. The summed E-state index contributed by atoms with van der Waals surface area (Å²) < 4.78 is 2.49. The molecule has 3 aromatic rings. The third-order valence-electron chi connectivity index (χ3n) is 8.03. The van der Waals surface area contributed by atoms with Gasteiger partial charge >= 0.3 is 0 Å². The first kappa shape index (κ1) is 29.5. The van der Waals surface area contributed by atoms with Crippen molar-refractivity contribution in [3.05, 3.63) is 71.4 Å². The van der Waals surface area contributed by atoms with Crippen molar-refractivity contribution < 1.29 is 4.79 Å². The van der Waals surface area contributed by atoms with E-state index in [9.17, 15) is 4.79 Å². The first-order chi connectivity index (χ1) is 17.1. The van der Waals surface area contributed by atoms with Gasteiger partial charge in [-0.1, -0.05) is 49.4 Å². The van der Waals surface area contributed by atoms with E-state index in [2.05, 4.69) is 87.7 Å². The molecule has 0 spiro atoms. The molecule has 0 aliphatic carbocycles. The number of piperidine rings is 1. The molecular formula is C30H42Cl2N4O. The van der Waals surface area contributed by atoms with Crippen LogP contribution < -0.4 is 0 Å². The van der Waals surface area contributed by atoms with E-state index in [1.165, 1.54) is 34.1 Å². The summed E-state index contributed by atoms with van der Waals surface area (Å²) in [7, 11) is 0. The lowest BCUT2D eigenvalue weighted by molar-refractivity contribution is -0.138.